The topological polar surface area (TPSA) is 18.5 Å². The van der Waals surface area contributed by atoms with E-state index in [0.29, 0.717) is 6.04 Å². The molecule has 1 saturated heterocycles. The molecule has 1 aromatic carbocycles. The van der Waals surface area contributed by atoms with E-state index < -0.39 is 0 Å². The molecule has 0 bridgehead atoms. The molecule has 0 spiro atoms. The summed E-state index contributed by atoms with van der Waals surface area (Å²) in [7, 11) is 2.20. The van der Waals surface area contributed by atoms with Crippen LogP contribution in [0, 0.1) is 6.92 Å². The average molecular weight is 261 g/mol. The van der Waals surface area contributed by atoms with Crippen molar-refractivity contribution in [2.24, 2.45) is 0 Å². The van der Waals surface area contributed by atoms with Crippen LogP contribution in [0.15, 0.2) is 18.2 Å². The summed E-state index contributed by atoms with van der Waals surface area (Å²) in [5.41, 5.74) is 4.18. The predicted octanol–water partition coefficient (Wildman–Crippen LogP) is 2.24. The van der Waals surface area contributed by atoms with E-state index in [1.165, 1.54) is 16.8 Å². The van der Waals surface area contributed by atoms with Gasteiger partial charge in [0.2, 0.25) is 0 Å². The molecular formula is C16H27N3. The van der Waals surface area contributed by atoms with Crippen LogP contribution >= 0.6 is 0 Å². The Labute approximate surface area is 117 Å². The van der Waals surface area contributed by atoms with Gasteiger partial charge in [0.1, 0.15) is 0 Å². The van der Waals surface area contributed by atoms with Crippen molar-refractivity contribution in [2.45, 2.75) is 33.4 Å². The molecule has 0 saturated carbocycles. The van der Waals surface area contributed by atoms with Gasteiger partial charge in [-0.1, -0.05) is 19.9 Å². The molecule has 0 radical (unpaired) electrons. The fourth-order valence-corrected chi connectivity index (χ4v) is 2.45. The van der Waals surface area contributed by atoms with Gasteiger partial charge in [-0.05, 0) is 37.2 Å². The van der Waals surface area contributed by atoms with E-state index in [1.54, 1.807) is 0 Å². The van der Waals surface area contributed by atoms with Gasteiger partial charge in [0.15, 0.2) is 0 Å². The number of anilines is 1. The van der Waals surface area contributed by atoms with E-state index in [0.717, 1.165) is 32.7 Å². The number of hydrogen-bond acceptors (Lipinski definition) is 3. The summed E-state index contributed by atoms with van der Waals surface area (Å²) in [4.78, 5) is 4.89. The molecule has 1 fully saturated rings. The SMILES string of the molecule is Cc1cc(N2CCN(C)CC2)ccc1CNC(C)C. The first-order valence-corrected chi connectivity index (χ1v) is 7.32. The summed E-state index contributed by atoms with van der Waals surface area (Å²) in [6, 6.07) is 7.42. The Hall–Kier alpha value is -1.06. The molecule has 2 rings (SSSR count). The number of likely N-dealkylation sites (N-methyl/N-ethyl adjacent to an activating group) is 1. The van der Waals surface area contributed by atoms with E-state index in [1.807, 2.05) is 0 Å². The number of piperazine rings is 1. The first-order chi connectivity index (χ1) is 9.06. The van der Waals surface area contributed by atoms with E-state index in [4.69, 9.17) is 0 Å². The zero-order valence-electron chi connectivity index (χ0n) is 12.7. The van der Waals surface area contributed by atoms with Gasteiger partial charge in [0.25, 0.3) is 0 Å². The Kier molecular flexibility index (Phi) is 4.83. The fourth-order valence-electron chi connectivity index (χ4n) is 2.45. The van der Waals surface area contributed by atoms with Gasteiger partial charge in [0.05, 0.1) is 0 Å². The average Bonchev–Trinajstić information content (AvgIpc) is 2.38. The second-order valence-corrected chi connectivity index (χ2v) is 5.94. The third-order valence-corrected chi connectivity index (χ3v) is 3.90. The van der Waals surface area contributed by atoms with Crippen LogP contribution < -0.4 is 10.2 Å². The van der Waals surface area contributed by atoms with Gasteiger partial charge < -0.3 is 15.1 Å². The molecule has 1 heterocycles. The highest BCUT2D eigenvalue weighted by atomic mass is 15.2. The maximum absolute atomic E-state index is 3.49. The van der Waals surface area contributed by atoms with Crippen LogP contribution in [0.2, 0.25) is 0 Å². The Bertz CT molecular complexity index is 406. The van der Waals surface area contributed by atoms with Crippen LogP contribution in [-0.4, -0.2) is 44.2 Å². The number of hydrogen-bond donors (Lipinski definition) is 1. The first-order valence-electron chi connectivity index (χ1n) is 7.32. The van der Waals surface area contributed by atoms with Crippen molar-refractivity contribution in [3.8, 4) is 0 Å². The summed E-state index contributed by atoms with van der Waals surface area (Å²) >= 11 is 0. The molecule has 1 aromatic rings. The van der Waals surface area contributed by atoms with Crippen LogP contribution in [0.5, 0.6) is 0 Å². The lowest BCUT2D eigenvalue weighted by Gasteiger charge is -2.34. The van der Waals surface area contributed by atoms with E-state index in [-0.39, 0.29) is 0 Å². The van der Waals surface area contributed by atoms with Gasteiger partial charge >= 0.3 is 0 Å². The second kappa shape index (κ2) is 6.40. The minimum atomic E-state index is 0.539. The fraction of sp³-hybridized carbons (Fsp3) is 0.625. The standard InChI is InChI=1S/C16H27N3/c1-13(2)17-12-15-5-6-16(11-14(15)3)19-9-7-18(4)8-10-19/h5-6,11,13,17H,7-10,12H2,1-4H3. The van der Waals surface area contributed by atoms with Crippen LogP contribution in [0.4, 0.5) is 5.69 Å². The number of benzene rings is 1. The Morgan fingerprint density at radius 2 is 1.84 bits per heavy atom. The van der Waals surface area contributed by atoms with Crippen molar-refractivity contribution in [3.63, 3.8) is 0 Å². The summed E-state index contributed by atoms with van der Waals surface area (Å²) in [6.45, 7) is 12.2. The molecule has 0 aliphatic carbocycles. The maximum Gasteiger partial charge on any atom is 0.0369 e. The van der Waals surface area contributed by atoms with Gasteiger partial charge in [-0.3, -0.25) is 0 Å². The normalized spacial score (nSPS) is 17.2. The molecule has 3 heteroatoms. The van der Waals surface area contributed by atoms with Crippen LogP contribution in [0.1, 0.15) is 25.0 Å². The smallest absolute Gasteiger partial charge is 0.0369 e. The molecule has 106 valence electrons. The van der Waals surface area contributed by atoms with Crippen molar-refractivity contribution in [3.05, 3.63) is 29.3 Å². The van der Waals surface area contributed by atoms with Crippen LogP contribution in [0.25, 0.3) is 0 Å². The quantitative estimate of drug-likeness (QED) is 0.897. The van der Waals surface area contributed by atoms with Gasteiger partial charge in [-0.15, -0.1) is 0 Å². The largest absolute Gasteiger partial charge is 0.369 e. The van der Waals surface area contributed by atoms with Crippen molar-refractivity contribution < 1.29 is 0 Å². The zero-order valence-corrected chi connectivity index (χ0v) is 12.7. The van der Waals surface area contributed by atoms with Gasteiger partial charge in [-0.2, -0.15) is 0 Å². The van der Waals surface area contributed by atoms with Crippen LogP contribution in [-0.2, 0) is 6.54 Å². The van der Waals surface area contributed by atoms with Crippen molar-refractivity contribution in [1.82, 2.24) is 10.2 Å². The summed E-state index contributed by atoms with van der Waals surface area (Å²) < 4.78 is 0. The lowest BCUT2D eigenvalue weighted by molar-refractivity contribution is 0.313. The Morgan fingerprint density at radius 3 is 2.42 bits per heavy atom. The summed E-state index contributed by atoms with van der Waals surface area (Å²) in [5.74, 6) is 0. The van der Waals surface area contributed by atoms with Gasteiger partial charge in [0, 0.05) is 44.5 Å². The van der Waals surface area contributed by atoms with E-state index in [2.05, 4.69) is 61.1 Å². The van der Waals surface area contributed by atoms with E-state index >= 15 is 0 Å². The molecule has 1 N–H and O–H groups in total. The monoisotopic (exact) mass is 261 g/mol. The second-order valence-electron chi connectivity index (χ2n) is 5.94. The molecule has 0 amide bonds. The minimum Gasteiger partial charge on any atom is -0.369 e. The third-order valence-electron chi connectivity index (χ3n) is 3.90. The lowest BCUT2D eigenvalue weighted by Crippen LogP contribution is -2.44. The summed E-state index contributed by atoms with van der Waals surface area (Å²) in [6.07, 6.45) is 0. The molecule has 1 aliphatic rings. The predicted molar refractivity (Wildman–Crippen MR) is 82.9 cm³/mol. The van der Waals surface area contributed by atoms with Gasteiger partial charge in [-0.25, -0.2) is 0 Å². The third kappa shape index (κ3) is 3.95. The van der Waals surface area contributed by atoms with Crippen molar-refractivity contribution >= 4 is 5.69 Å². The Balaban J connectivity index is 2.02. The summed E-state index contributed by atoms with van der Waals surface area (Å²) in [5, 5.41) is 3.49. The molecule has 1 aliphatic heterocycles. The molecule has 19 heavy (non-hydrogen) atoms. The molecular weight excluding hydrogens is 234 g/mol. The number of aryl methyl sites for hydroxylation is 1. The molecule has 0 aromatic heterocycles. The number of nitrogens with zero attached hydrogens (tertiary/aromatic N) is 2. The molecule has 0 atom stereocenters. The zero-order chi connectivity index (χ0) is 13.8. The minimum absolute atomic E-state index is 0.539. The lowest BCUT2D eigenvalue weighted by atomic mass is 10.1. The van der Waals surface area contributed by atoms with Crippen molar-refractivity contribution in [1.29, 1.82) is 0 Å². The molecule has 3 nitrogen and oxygen atoms in total. The maximum atomic E-state index is 3.49. The number of rotatable bonds is 4. The van der Waals surface area contributed by atoms with Crippen LogP contribution in [0.3, 0.4) is 0 Å². The Morgan fingerprint density at radius 1 is 1.16 bits per heavy atom. The highest BCUT2D eigenvalue weighted by Gasteiger charge is 2.14. The number of nitrogens with one attached hydrogen (secondary N) is 1. The highest BCUT2D eigenvalue weighted by molar-refractivity contribution is 5.51. The van der Waals surface area contributed by atoms with E-state index in [9.17, 15) is 0 Å². The van der Waals surface area contributed by atoms with Crippen molar-refractivity contribution in [2.75, 3.05) is 38.1 Å². The first kappa shape index (κ1) is 14.4. The molecule has 0 unspecified atom stereocenters. The highest BCUT2D eigenvalue weighted by Crippen LogP contribution is 2.20.